The Hall–Kier alpha value is -0.480. The van der Waals surface area contributed by atoms with Gasteiger partial charge in [0.25, 0.3) is 0 Å². The first-order chi connectivity index (χ1) is 8.36. The van der Waals surface area contributed by atoms with Crippen LogP contribution in [0.5, 0.6) is 0 Å². The van der Waals surface area contributed by atoms with Gasteiger partial charge in [0.05, 0.1) is 12.2 Å². The second-order valence-electron chi connectivity index (χ2n) is 5.17. The van der Waals surface area contributed by atoms with E-state index < -0.39 is 0 Å². The molecule has 2 fully saturated rings. The Morgan fingerprint density at radius 1 is 1.35 bits per heavy atom. The summed E-state index contributed by atoms with van der Waals surface area (Å²) in [4.78, 5) is 0. The molecule has 2 aliphatic rings. The molecule has 3 rings (SSSR count). The van der Waals surface area contributed by atoms with Crippen molar-refractivity contribution in [2.45, 2.75) is 38.1 Å². The average Bonchev–Trinajstić information content (AvgIpc) is 2.99. The highest BCUT2D eigenvalue weighted by atomic mass is 32.2. The largest absolute Gasteiger partial charge is 0.317 e. The SMILES string of the molecule is Cc1c(C2CCNCC2)cnn1C1CCSC1. The first-order valence-electron chi connectivity index (χ1n) is 6.68. The van der Waals surface area contributed by atoms with Crippen LogP contribution in [0.15, 0.2) is 6.20 Å². The molecule has 0 aliphatic carbocycles. The van der Waals surface area contributed by atoms with Gasteiger partial charge in [0.15, 0.2) is 0 Å². The van der Waals surface area contributed by atoms with Crippen molar-refractivity contribution < 1.29 is 0 Å². The molecule has 1 unspecified atom stereocenters. The monoisotopic (exact) mass is 251 g/mol. The van der Waals surface area contributed by atoms with Gasteiger partial charge in [-0.2, -0.15) is 16.9 Å². The third-order valence-electron chi connectivity index (χ3n) is 4.11. The third kappa shape index (κ3) is 2.25. The minimum atomic E-state index is 0.649. The molecular weight excluding hydrogens is 230 g/mol. The van der Waals surface area contributed by atoms with Gasteiger partial charge in [-0.05, 0) is 56.5 Å². The molecule has 2 aliphatic heterocycles. The first kappa shape index (κ1) is 11.6. The van der Waals surface area contributed by atoms with E-state index >= 15 is 0 Å². The van der Waals surface area contributed by atoms with Crippen LogP contribution in [0.2, 0.25) is 0 Å². The molecule has 0 saturated carbocycles. The van der Waals surface area contributed by atoms with Crippen molar-refractivity contribution in [3.8, 4) is 0 Å². The maximum Gasteiger partial charge on any atom is 0.0620 e. The Bertz CT molecular complexity index is 376. The number of piperidine rings is 1. The molecule has 0 amide bonds. The Labute approximate surface area is 107 Å². The lowest BCUT2D eigenvalue weighted by atomic mass is 9.91. The fourth-order valence-corrected chi connectivity index (χ4v) is 4.24. The van der Waals surface area contributed by atoms with Crippen LogP contribution in [0.3, 0.4) is 0 Å². The van der Waals surface area contributed by atoms with E-state index in [-0.39, 0.29) is 0 Å². The van der Waals surface area contributed by atoms with Crippen LogP contribution in [0.25, 0.3) is 0 Å². The molecule has 3 nitrogen and oxygen atoms in total. The number of hydrogen-bond acceptors (Lipinski definition) is 3. The topological polar surface area (TPSA) is 29.9 Å². The number of rotatable bonds is 2. The third-order valence-corrected chi connectivity index (χ3v) is 5.26. The first-order valence-corrected chi connectivity index (χ1v) is 7.84. The molecule has 3 heterocycles. The summed E-state index contributed by atoms with van der Waals surface area (Å²) in [5, 5.41) is 8.09. The maximum absolute atomic E-state index is 4.66. The van der Waals surface area contributed by atoms with Crippen LogP contribution in [0.4, 0.5) is 0 Å². The van der Waals surface area contributed by atoms with Crippen LogP contribution in [0, 0.1) is 6.92 Å². The lowest BCUT2D eigenvalue weighted by Crippen LogP contribution is -2.26. The molecule has 0 aromatic carbocycles. The lowest BCUT2D eigenvalue weighted by molar-refractivity contribution is 0.454. The number of nitrogens with zero attached hydrogens (tertiary/aromatic N) is 2. The number of nitrogens with one attached hydrogen (secondary N) is 1. The van der Waals surface area contributed by atoms with Gasteiger partial charge in [0.2, 0.25) is 0 Å². The normalized spacial score (nSPS) is 26.5. The second-order valence-corrected chi connectivity index (χ2v) is 6.32. The molecule has 94 valence electrons. The van der Waals surface area contributed by atoms with Gasteiger partial charge >= 0.3 is 0 Å². The lowest BCUT2D eigenvalue weighted by Gasteiger charge is -2.22. The average molecular weight is 251 g/mol. The molecule has 2 saturated heterocycles. The molecule has 4 heteroatoms. The highest BCUT2D eigenvalue weighted by Gasteiger charge is 2.24. The van der Waals surface area contributed by atoms with Crippen LogP contribution < -0.4 is 5.32 Å². The van der Waals surface area contributed by atoms with Crippen molar-refractivity contribution >= 4 is 11.8 Å². The molecule has 0 bridgehead atoms. The summed E-state index contributed by atoms with van der Waals surface area (Å²) < 4.78 is 2.29. The predicted molar refractivity (Wildman–Crippen MR) is 72.8 cm³/mol. The van der Waals surface area contributed by atoms with Gasteiger partial charge < -0.3 is 5.32 Å². The predicted octanol–water partition coefficient (Wildman–Crippen LogP) is 2.34. The van der Waals surface area contributed by atoms with E-state index in [1.165, 1.54) is 42.0 Å². The Morgan fingerprint density at radius 3 is 2.88 bits per heavy atom. The second kappa shape index (κ2) is 5.02. The van der Waals surface area contributed by atoms with E-state index in [1.54, 1.807) is 0 Å². The van der Waals surface area contributed by atoms with Gasteiger partial charge in [-0.25, -0.2) is 0 Å². The molecule has 1 aromatic rings. The van der Waals surface area contributed by atoms with Crippen molar-refractivity contribution in [1.29, 1.82) is 0 Å². The molecule has 17 heavy (non-hydrogen) atoms. The summed E-state index contributed by atoms with van der Waals surface area (Å²) in [5.41, 5.74) is 2.92. The quantitative estimate of drug-likeness (QED) is 0.875. The van der Waals surface area contributed by atoms with Gasteiger partial charge in [-0.1, -0.05) is 0 Å². The molecule has 0 spiro atoms. The maximum atomic E-state index is 4.66. The molecular formula is C13H21N3S. The zero-order valence-corrected chi connectivity index (χ0v) is 11.3. The van der Waals surface area contributed by atoms with Gasteiger partial charge in [0.1, 0.15) is 0 Å². The Morgan fingerprint density at radius 2 is 2.18 bits per heavy atom. The van der Waals surface area contributed by atoms with Crippen molar-refractivity contribution in [2.75, 3.05) is 24.6 Å². The van der Waals surface area contributed by atoms with E-state index in [0.717, 1.165) is 19.0 Å². The standard InChI is InChI=1S/C13H21N3S/c1-10-13(11-2-5-14-6-3-11)8-15-16(10)12-4-7-17-9-12/h8,11-12,14H,2-7,9H2,1H3. The fourth-order valence-electron chi connectivity index (χ4n) is 3.05. The fraction of sp³-hybridized carbons (Fsp3) is 0.769. The number of aromatic nitrogens is 2. The molecule has 0 radical (unpaired) electrons. The summed E-state index contributed by atoms with van der Waals surface area (Å²) >= 11 is 2.06. The summed E-state index contributed by atoms with van der Waals surface area (Å²) in [5.74, 6) is 3.28. The van der Waals surface area contributed by atoms with Crippen molar-refractivity contribution in [3.63, 3.8) is 0 Å². The summed E-state index contributed by atoms with van der Waals surface area (Å²) in [6.45, 7) is 4.58. The van der Waals surface area contributed by atoms with Gasteiger partial charge in [-0.3, -0.25) is 4.68 Å². The van der Waals surface area contributed by atoms with E-state index in [4.69, 9.17) is 0 Å². The highest BCUT2D eigenvalue weighted by Crippen LogP contribution is 2.32. The van der Waals surface area contributed by atoms with Crippen LogP contribution in [-0.2, 0) is 0 Å². The van der Waals surface area contributed by atoms with E-state index in [1.807, 2.05) is 0 Å². The summed E-state index contributed by atoms with van der Waals surface area (Å²) in [6.07, 6.45) is 5.96. The number of thioether (sulfide) groups is 1. The van der Waals surface area contributed by atoms with E-state index in [9.17, 15) is 0 Å². The van der Waals surface area contributed by atoms with Crippen molar-refractivity contribution in [3.05, 3.63) is 17.5 Å². The molecule has 1 aromatic heterocycles. The summed E-state index contributed by atoms with van der Waals surface area (Å²) in [6, 6.07) is 0.649. The van der Waals surface area contributed by atoms with Crippen molar-refractivity contribution in [2.24, 2.45) is 0 Å². The van der Waals surface area contributed by atoms with Crippen LogP contribution in [-0.4, -0.2) is 34.4 Å². The molecule has 1 N–H and O–H groups in total. The molecule has 1 atom stereocenters. The highest BCUT2D eigenvalue weighted by molar-refractivity contribution is 7.99. The minimum absolute atomic E-state index is 0.649. The van der Waals surface area contributed by atoms with E-state index in [2.05, 4.69) is 40.0 Å². The van der Waals surface area contributed by atoms with Gasteiger partial charge in [-0.15, -0.1) is 0 Å². The Kier molecular flexibility index (Phi) is 3.43. The van der Waals surface area contributed by atoms with E-state index in [0.29, 0.717) is 6.04 Å². The van der Waals surface area contributed by atoms with Crippen molar-refractivity contribution in [1.82, 2.24) is 15.1 Å². The number of hydrogen-bond donors (Lipinski definition) is 1. The Balaban J connectivity index is 1.80. The van der Waals surface area contributed by atoms with Crippen LogP contribution >= 0.6 is 11.8 Å². The smallest absolute Gasteiger partial charge is 0.0620 e. The zero-order chi connectivity index (χ0) is 11.7. The minimum Gasteiger partial charge on any atom is -0.317 e. The zero-order valence-electron chi connectivity index (χ0n) is 10.5. The summed E-state index contributed by atoms with van der Waals surface area (Å²) in [7, 11) is 0. The van der Waals surface area contributed by atoms with Crippen LogP contribution in [0.1, 0.15) is 42.5 Å². The van der Waals surface area contributed by atoms with Gasteiger partial charge in [0, 0.05) is 11.4 Å².